The van der Waals surface area contributed by atoms with Gasteiger partial charge in [-0.2, -0.15) is 0 Å². The van der Waals surface area contributed by atoms with Crippen molar-refractivity contribution in [1.82, 2.24) is 4.90 Å². The Balaban J connectivity index is 1.21. The molecule has 34 heavy (non-hydrogen) atoms. The summed E-state index contributed by atoms with van der Waals surface area (Å²) in [4.78, 5) is 15.2. The summed E-state index contributed by atoms with van der Waals surface area (Å²) in [5, 5.41) is 11.6. The highest BCUT2D eigenvalue weighted by Crippen LogP contribution is 2.45. The van der Waals surface area contributed by atoms with Crippen LogP contribution in [0.5, 0.6) is 0 Å². The first-order chi connectivity index (χ1) is 16.5. The number of aliphatic hydroxyl groups is 1. The molecule has 174 valence electrons. The Morgan fingerprint density at radius 3 is 2.21 bits per heavy atom. The molecule has 0 spiro atoms. The number of ether oxygens (including phenoxy) is 2. The zero-order chi connectivity index (χ0) is 23.3. The molecule has 2 fully saturated rings. The molecule has 2 saturated heterocycles. The molecule has 3 aliphatic rings. The van der Waals surface area contributed by atoms with Gasteiger partial charge in [-0.15, -0.1) is 0 Å². The maximum atomic E-state index is 13.4. The van der Waals surface area contributed by atoms with Gasteiger partial charge in [0, 0.05) is 18.8 Å². The van der Waals surface area contributed by atoms with E-state index < -0.39 is 5.60 Å². The molecule has 0 aromatic heterocycles. The Kier molecular flexibility index (Phi) is 5.19. The largest absolute Gasteiger partial charge is 0.448 e. The van der Waals surface area contributed by atoms with Gasteiger partial charge >= 0.3 is 6.09 Å². The molecule has 6 rings (SSSR count). The van der Waals surface area contributed by atoms with E-state index in [-0.39, 0.29) is 24.1 Å². The molecule has 1 amide bonds. The third-order valence-corrected chi connectivity index (χ3v) is 7.66. The van der Waals surface area contributed by atoms with Crippen LogP contribution in [0, 0.1) is 6.92 Å². The van der Waals surface area contributed by atoms with E-state index >= 15 is 0 Å². The standard InChI is InChI=1S/C29H29NO4/c1-19-7-6-8-20(13-19)29(32)14-21-16-33-17-22(15-29)30(21)28(31)34-18-27-25-11-4-2-9-23(25)24-10-3-5-12-26(24)27/h2-13,21-22,27,32H,14-18H2,1H3. The summed E-state index contributed by atoms with van der Waals surface area (Å²) < 4.78 is 11.7. The van der Waals surface area contributed by atoms with Crippen LogP contribution in [-0.4, -0.2) is 48.0 Å². The number of amides is 1. The van der Waals surface area contributed by atoms with Crippen LogP contribution in [0.25, 0.3) is 11.1 Å². The molecule has 1 N–H and O–H groups in total. The second-order valence-corrected chi connectivity index (χ2v) is 9.87. The van der Waals surface area contributed by atoms with E-state index in [2.05, 4.69) is 24.3 Å². The minimum absolute atomic E-state index is 0.0291. The van der Waals surface area contributed by atoms with Crippen molar-refractivity contribution in [3.05, 3.63) is 95.1 Å². The van der Waals surface area contributed by atoms with Crippen LogP contribution in [-0.2, 0) is 15.1 Å². The Labute approximate surface area is 199 Å². The van der Waals surface area contributed by atoms with Gasteiger partial charge in [-0.05, 0) is 34.7 Å². The van der Waals surface area contributed by atoms with Crippen LogP contribution < -0.4 is 0 Å². The zero-order valence-electron chi connectivity index (χ0n) is 19.3. The van der Waals surface area contributed by atoms with Gasteiger partial charge in [-0.1, -0.05) is 78.4 Å². The van der Waals surface area contributed by atoms with E-state index in [4.69, 9.17) is 9.47 Å². The van der Waals surface area contributed by atoms with E-state index in [0.29, 0.717) is 32.7 Å². The number of hydrogen-bond donors (Lipinski definition) is 1. The number of rotatable bonds is 3. The van der Waals surface area contributed by atoms with Crippen molar-refractivity contribution in [1.29, 1.82) is 0 Å². The van der Waals surface area contributed by atoms with Crippen LogP contribution in [0.15, 0.2) is 72.8 Å². The Hall–Kier alpha value is -3.15. The fraction of sp³-hybridized carbons (Fsp3) is 0.345. The van der Waals surface area contributed by atoms with Crippen LogP contribution in [0.4, 0.5) is 4.79 Å². The highest BCUT2D eigenvalue weighted by molar-refractivity contribution is 5.79. The highest BCUT2D eigenvalue weighted by Gasteiger charge is 2.49. The van der Waals surface area contributed by atoms with Crippen molar-refractivity contribution in [3.63, 3.8) is 0 Å². The monoisotopic (exact) mass is 455 g/mol. The number of hydrogen-bond acceptors (Lipinski definition) is 4. The number of morpholine rings is 1. The van der Waals surface area contributed by atoms with Gasteiger partial charge in [0.2, 0.25) is 0 Å². The Morgan fingerprint density at radius 1 is 0.971 bits per heavy atom. The van der Waals surface area contributed by atoms with Crippen LogP contribution in [0.3, 0.4) is 0 Å². The maximum Gasteiger partial charge on any atom is 0.410 e. The summed E-state index contributed by atoms with van der Waals surface area (Å²) in [7, 11) is 0. The molecule has 2 unspecified atom stereocenters. The number of aryl methyl sites for hydroxylation is 1. The molecule has 2 bridgehead atoms. The quantitative estimate of drug-likeness (QED) is 0.604. The summed E-state index contributed by atoms with van der Waals surface area (Å²) in [6.07, 6.45) is 0.570. The van der Waals surface area contributed by atoms with Crippen molar-refractivity contribution in [2.45, 2.75) is 43.4 Å². The SMILES string of the molecule is Cc1cccc(C2(O)CC3COCC(C2)N3C(=O)OCC2c3ccccc3-c3ccccc32)c1. The summed E-state index contributed by atoms with van der Waals surface area (Å²) in [6.45, 7) is 3.15. The average molecular weight is 456 g/mol. The summed E-state index contributed by atoms with van der Waals surface area (Å²) in [6, 6.07) is 24.3. The third-order valence-electron chi connectivity index (χ3n) is 7.66. The average Bonchev–Trinajstić information content (AvgIpc) is 3.16. The van der Waals surface area contributed by atoms with Gasteiger partial charge in [-0.3, -0.25) is 4.90 Å². The molecular formula is C29H29NO4. The number of carbonyl (C=O) groups excluding carboxylic acids is 1. The summed E-state index contributed by atoms with van der Waals surface area (Å²) in [5.41, 5.74) is 5.89. The highest BCUT2D eigenvalue weighted by atomic mass is 16.6. The van der Waals surface area contributed by atoms with Crippen LogP contribution in [0.1, 0.15) is 41.0 Å². The molecule has 2 atom stereocenters. The molecule has 0 saturated carbocycles. The van der Waals surface area contributed by atoms with Crippen LogP contribution in [0.2, 0.25) is 0 Å². The van der Waals surface area contributed by atoms with E-state index in [0.717, 1.165) is 11.1 Å². The maximum absolute atomic E-state index is 13.4. The minimum Gasteiger partial charge on any atom is -0.448 e. The topological polar surface area (TPSA) is 59.0 Å². The van der Waals surface area contributed by atoms with Gasteiger partial charge in [0.1, 0.15) is 6.61 Å². The molecular weight excluding hydrogens is 426 g/mol. The molecule has 2 heterocycles. The molecule has 0 radical (unpaired) electrons. The summed E-state index contributed by atoms with van der Waals surface area (Å²) >= 11 is 0. The first-order valence-corrected chi connectivity index (χ1v) is 12.0. The smallest absolute Gasteiger partial charge is 0.410 e. The fourth-order valence-corrected chi connectivity index (χ4v) is 6.11. The molecule has 5 heteroatoms. The zero-order valence-corrected chi connectivity index (χ0v) is 19.3. The first-order valence-electron chi connectivity index (χ1n) is 12.0. The third kappa shape index (κ3) is 3.51. The van der Waals surface area contributed by atoms with Gasteiger partial charge in [0.25, 0.3) is 0 Å². The molecule has 1 aliphatic carbocycles. The van der Waals surface area contributed by atoms with Crippen molar-refractivity contribution >= 4 is 6.09 Å². The lowest BCUT2D eigenvalue weighted by Gasteiger charge is -2.51. The van der Waals surface area contributed by atoms with Crippen molar-refractivity contribution in [2.75, 3.05) is 19.8 Å². The summed E-state index contributed by atoms with van der Waals surface area (Å²) in [5.74, 6) is 0.0291. The Bertz CT molecular complexity index is 1180. The van der Waals surface area contributed by atoms with Crippen molar-refractivity contribution < 1.29 is 19.4 Å². The molecule has 5 nitrogen and oxygen atoms in total. The van der Waals surface area contributed by atoms with Gasteiger partial charge in [0.05, 0.1) is 30.9 Å². The number of carbonyl (C=O) groups is 1. The minimum atomic E-state index is -0.967. The lowest BCUT2D eigenvalue weighted by molar-refractivity contribution is -0.136. The number of nitrogens with zero attached hydrogens (tertiary/aromatic N) is 1. The molecule has 3 aromatic rings. The predicted molar refractivity (Wildman–Crippen MR) is 130 cm³/mol. The lowest BCUT2D eigenvalue weighted by Crippen LogP contribution is -2.62. The van der Waals surface area contributed by atoms with E-state index in [9.17, 15) is 9.90 Å². The van der Waals surface area contributed by atoms with E-state index in [1.807, 2.05) is 60.4 Å². The number of piperidine rings is 1. The van der Waals surface area contributed by atoms with Gasteiger partial charge in [-0.25, -0.2) is 4.79 Å². The Morgan fingerprint density at radius 2 is 1.59 bits per heavy atom. The number of fused-ring (bicyclic) bond motifs is 5. The lowest BCUT2D eigenvalue weighted by atomic mass is 9.76. The second kappa shape index (κ2) is 8.26. The van der Waals surface area contributed by atoms with E-state index in [1.54, 1.807) is 0 Å². The second-order valence-electron chi connectivity index (χ2n) is 9.87. The van der Waals surface area contributed by atoms with E-state index in [1.165, 1.54) is 22.3 Å². The normalized spacial score (nSPS) is 25.5. The molecule has 3 aromatic carbocycles. The predicted octanol–water partition coefficient (Wildman–Crippen LogP) is 4.99. The van der Waals surface area contributed by atoms with Crippen LogP contribution >= 0.6 is 0 Å². The number of benzene rings is 3. The fourth-order valence-electron chi connectivity index (χ4n) is 6.11. The van der Waals surface area contributed by atoms with Crippen molar-refractivity contribution in [2.24, 2.45) is 0 Å². The van der Waals surface area contributed by atoms with Gasteiger partial charge < -0.3 is 14.6 Å². The van der Waals surface area contributed by atoms with Crippen molar-refractivity contribution in [3.8, 4) is 11.1 Å². The van der Waals surface area contributed by atoms with Gasteiger partial charge in [0.15, 0.2) is 0 Å². The first kappa shape index (κ1) is 21.4. The molecule has 2 aliphatic heterocycles.